The van der Waals surface area contributed by atoms with Crippen molar-refractivity contribution in [2.75, 3.05) is 17.6 Å². The van der Waals surface area contributed by atoms with Gasteiger partial charge >= 0.3 is 0 Å². The van der Waals surface area contributed by atoms with Gasteiger partial charge in [-0.3, -0.25) is 4.72 Å². The molecule has 2 aromatic carbocycles. The molecule has 0 radical (unpaired) electrons. The first-order valence-electron chi connectivity index (χ1n) is 6.29. The predicted octanol–water partition coefficient (Wildman–Crippen LogP) is 3.12. The lowest BCUT2D eigenvalue weighted by Crippen LogP contribution is -2.14. The van der Waals surface area contributed by atoms with Gasteiger partial charge in [0.2, 0.25) is 10.0 Å². The average molecular weight is 291 g/mol. The van der Waals surface area contributed by atoms with Gasteiger partial charge in [0.25, 0.3) is 0 Å². The summed E-state index contributed by atoms with van der Waals surface area (Å²) < 4.78 is 31.0. The van der Waals surface area contributed by atoms with Gasteiger partial charge in [-0.25, -0.2) is 8.42 Å². The molecule has 0 amide bonds. The zero-order chi connectivity index (χ0) is 14.6. The minimum atomic E-state index is -3.28. The first-order chi connectivity index (χ1) is 9.55. The zero-order valence-corrected chi connectivity index (χ0v) is 12.3. The molecule has 0 fully saturated rings. The van der Waals surface area contributed by atoms with E-state index in [4.69, 9.17) is 4.74 Å². The smallest absolute Gasteiger partial charge is 0.232 e. The van der Waals surface area contributed by atoms with Gasteiger partial charge in [0.1, 0.15) is 5.75 Å². The fourth-order valence-electron chi connectivity index (χ4n) is 1.86. The number of ether oxygens (including phenoxy) is 1. The van der Waals surface area contributed by atoms with Gasteiger partial charge in [-0.2, -0.15) is 0 Å². The molecule has 0 atom stereocenters. The Kier molecular flexibility index (Phi) is 4.29. The minimum absolute atomic E-state index is 0.0375. The highest BCUT2D eigenvalue weighted by molar-refractivity contribution is 7.92. The van der Waals surface area contributed by atoms with Crippen molar-refractivity contribution in [2.24, 2.45) is 0 Å². The van der Waals surface area contributed by atoms with E-state index < -0.39 is 10.0 Å². The fourth-order valence-corrected chi connectivity index (χ4v) is 2.49. The predicted molar refractivity (Wildman–Crippen MR) is 81.5 cm³/mol. The fraction of sp³-hybridized carbons (Fsp3) is 0.200. The Balaban J connectivity index is 2.39. The number of sulfonamides is 1. The van der Waals surface area contributed by atoms with Gasteiger partial charge in [-0.15, -0.1) is 0 Å². The zero-order valence-electron chi connectivity index (χ0n) is 11.5. The van der Waals surface area contributed by atoms with Crippen LogP contribution in [0, 0.1) is 0 Å². The van der Waals surface area contributed by atoms with Crippen molar-refractivity contribution in [3.8, 4) is 16.9 Å². The van der Waals surface area contributed by atoms with Crippen molar-refractivity contribution in [2.45, 2.75) is 6.92 Å². The first kappa shape index (κ1) is 14.4. The van der Waals surface area contributed by atoms with Crippen molar-refractivity contribution >= 4 is 15.7 Å². The van der Waals surface area contributed by atoms with Gasteiger partial charge in [-0.05, 0) is 24.6 Å². The topological polar surface area (TPSA) is 55.4 Å². The van der Waals surface area contributed by atoms with Crippen LogP contribution in [0.15, 0.2) is 48.5 Å². The standard InChI is InChI=1S/C15H17NO3S/c1-3-20(17,18)16-13-9-10-14(15(11-13)19-2)12-7-5-4-6-8-12/h4-11,16H,3H2,1-2H3. The normalized spacial score (nSPS) is 11.1. The van der Waals surface area contributed by atoms with E-state index in [2.05, 4.69) is 4.72 Å². The van der Waals surface area contributed by atoms with Gasteiger partial charge in [0.15, 0.2) is 0 Å². The van der Waals surface area contributed by atoms with E-state index in [-0.39, 0.29) is 5.75 Å². The molecule has 106 valence electrons. The molecule has 5 heteroatoms. The molecule has 0 bridgehead atoms. The van der Waals surface area contributed by atoms with E-state index in [1.807, 2.05) is 36.4 Å². The lowest BCUT2D eigenvalue weighted by atomic mass is 10.0. The van der Waals surface area contributed by atoms with Gasteiger partial charge in [0.05, 0.1) is 18.6 Å². The molecule has 2 aromatic rings. The molecule has 0 saturated carbocycles. The summed E-state index contributed by atoms with van der Waals surface area (Å²) in [5.41, 5.74) is 2.45. The van der Waals surface area contributed by atoms with Crippen LogP contribution in [-0.4, -0.2) is 21.3 Å². The van der Waals surface area contributed by atoms with E-state index in [0.29, 0.717) is 11.4 Å². The number of nitrogens with one attached hydrogen (secondary N) is 1. The monoisotopic (exact) mass is 291 g/mol. The maximum absolute atomic E-state index is 11.6. The van der Waals surface area contributed by atoms with E-state index in [1.165, 1.54) is 0 Å². The maximum atomic E-state index is 11.6. The Hall–Kier alpha value is -2.01. The first-order valence-corrected chi connectivity index (χ1v) is 7.95. The molecule has 0 aliphatic rings. The lowest BCUT2D eigenvalue weighted by Gasteiger charge is -2.12. The van der Waals surface area contributed by atoms with Crippen LogP contribution >= 0.6 is 0 Å². The van der Waals surface area contributed by atoms with Gasteiger partial charge in [-0.1, -0.05) is 30.3 Å². The number of benzene rings is 2. The Morgan fingerprint density at radius 2 is 1.80 bits per heavy atom. The van der Waals surface area contributed by atoms with Crippen molar-refractivity contribution in [1.29, 1.82) is 0 Å². The van der Waals surface area contributed by atoms with Crippen LogP contribution in [0.1, 0.15) is 6.92 Å². The molecule has 0 aliphatic carbocycles. The summed E-state index contributed by atoms with van der Waals surface area (Å²) in [6, 6.07) is 15.1. The molecule has 1 N–H and O–H groups in total. The van der Waals surface area contributed by atoms with Crippen LogP contribution in [0.25, 0.3) is 11.1 Å². The second-order valence-corrected chi connectivity index (χ2v) is 6.30. The van der Waals surface area contributed by atoms with Crippen LogP contribution in [0.3, 0.4) is 0 Å². The molecule has 0 aliphatic heterocycles. The largest absolute Gasteiger partial charge is 0.496 e. The molecule has 0 heterocycles. The summed E-state index contributed by atoms with van der Waals surface area (Å²) in [4.78, 5) is 0. The molecule has 0 aromatic heterocycles. The summed E-state index contributed by atoms with van der Waals surface area (Å²) in [5.74, 6) is 0.669. The molecule has 0 saturated heterocycles. The molecular formula is C15H17NO3S. The number of hydrogen-bond donors (Lipinski definition) is 1. The van der Waals surface area contributed by atoms with Crippen molar-refractivity contribution < 1.29 is 13.2 Å². The molecular weight excluding hydrogens is 274 g/mol. The van der Waals surface area contributed by atoms with Gasteiger partial charge < -0.3 is 4.74 Å². The van der Waals surface area contributed by atoms with Crippen LogP contribution in [0.4, 0.5) is 5.69 Å². The summed E-state index contributed by atoms with van der Waals surface area (Å²) in [5, 5.41) is 0. The Labute approximate surface area is 119 Å². The summed E-state index contributed by atoms with van der Waals surface area (Å²) in [7, 11) is -1.71. The van der Waals surface area contributed by atoms with E-state index in [1.54, 1.807) is 26.2 Å². The second kappa shape index (κ2) is 5.96. The SMILES string of the molecule is CCS(=O)(=O)Nc1ccc(-c2ccccc2)c(OC)c1. The third kappa shape index (κ3) is 3.30. The van der Waals surface area contributed by atoms with Crippen molar-refractivity contribution in [1.82, 2.24) is 0 Å². The quantitative estimate of drug-likeness (QED) is 0.921. The molecule has 20 heavy (non-hydrogen) atoms. The number of rotatable bonds is 5. The third-order valence-electron chi connectivity index (χ3n) is 2.94. The van der Waals surface area contributed by atoms with Crippen LogP contribution in [0.2, 0.25) is 0 Å². The van der Waals surface area contributed by atoms with E-state index >= 15 is 0 Å². The Bertz CT molecular complexity index is 682. The molecule has 0 unspecified atom stereocenters. The Morgan fingerprint density at radius 1 is 1.10 bits per heavy atom. The third-order valence-corrected chi connectivity index (χ3v) is 4.25. The van der Waals surface area contributed by atoms with Crippen molar-refractivity contribution in [3.63, 3.8) is 0 Å². The molecule has 4 nitrogen and oxygen atoms in total. The average Bonchev–Trinajstić information content (AvgIpc) is 2.47. The second-order valence-electron chi connectivity index (χ2n) is 4.29. The number of hydrogen-bond acceptors (Lipinski definition) is 3. The number of anilines is 1. The van der Waals surface area contributed by atoms with Crippen molar-refractivity contribution in [3.05, 3.63) is 48.5 Å². The highest BCUT2D eigenvalue weighted by Crippen LogP contribution is 2.32. The summed E-state index contributed by atoms with van der Waals surface area (Å²) in [6.45, 7) is 1.60. The van der Waals surface area contributed by atoms with Crippen LogP contribution < -0.4 is 9.46 Å². The maximum Gasteiger partial charge on any atom is 0.232 e. The molecule has 2 rings (SSSR count). The minimum Gasteiger partial charge on any atom is -0.496 e. The number of methoxy groups -OCH3 is 1. The summed E-state index contributed by atoms with van der Waals surface area (Å²) >= 11 is 0. The molecule has 0 spiro atoms. The highest BCUT2D eigenvalue weighted by atomic mass is 32.2. The van der Waals surface area contributed by atoms with E-state index in [9.17, 15) is 8.42 Å². The Morgan fingerprint density at radius 3 is 2.40 bits per heavy atom. The lowest BCUT2D eigenvalue weighted by molar-refractivity contribution is 0.416. The van der Waals surface area contributed by atoms with Crippen LogP contribution in [0.5, 0.6) is 5.75 Å². The van der Waals surface area contributed by atoms with Crippen LogP contribution in [-0.2, 0) is 10.0 Å². The highest BCUT2D eigenvalue weighted by Gasteiger charge is 2.10. The van der Waals surface area contributed by atoms with Gasteiger partial charge in [0, 0.05) is 11.6 Å². The summed E-state index contributed by atoms with van der Waals surface area (Å²) in [6.07, 6.45) is 0. The van der Waals surface area contributed by atoms with E-state index in [0.717, 1.165) is 11.1 Å².